The molecule has 16 aromatic carbocycles. The standard InChI is InChI=1S/2C27H24ClN3O3.2C24H18ClN3O3.2CH3.2Fe/c2*1-27(2,3)17-11-12-23(32)22(14-17)30-31-24-20-10-5-4-7-16(20)13-21(25(24)33)26(34)29-19-9-6-8-18(28)15-19;2*1-14-7-9-18-15(11-14)12-19(24(31)26-17-5-3-2-4-6-17)23(30)22(18)28-27-20-13-16(25)8-10-21(20)29;;;;/h2*4-15,32-33H,1-3H3,(H,29,34);2*2-13,29-30H,1H3,(H,26,31);2*1H3;;/q;;;;2*+1;;. The minimum absolute atomic E-state index is 0. The Morgan fingerprint density at radius 1 is 0.261 bits per heavy atom. The third kappa shape index (κ3) is 25.5. The van der Waals surface area contributed by atoms with Crippen LogP contribution < -0.4 is 21.3 Å². The van der Waals surface area contributed by atoms with Gasteiger partial charge in [0.05, 0.1) is 22.3 Å². The number of aromatic hydroxyl groups is 8. The van der Waals surface area contributed by atoms with Gasteiger partial charge in [0.15, 0.2) is 23.0 Å². The number of phenolic OH excluding ortho intramolecular Hbond substituents is 8. The fourth-order valence-electron chi connectivity index (χ4n) is 13.4. The maximum Gasteiger partial charge on any atom is 0.259 e. The number of benzene rings is 16. The molecule has 24 nitrogen and oxygen atoms in total. The van der Waals surface area contributed by atoms with Crippen LogP contribution in [0.15, 0.2) is 332 Å². The van der Waals surface area contributed by atoms with Crippen molar-refractivity contribution in [3.05, 3.63) is 371 Å². The number of para-hydroxylation sites is 2. The van der Waals surface area contributed by atoms with Gasteiger partial charge in [-0.1, -0.05) is 245 Å². The first kappa shape index (κ1) is 103. The Balaban J connectivity index is 0.000000199. The molecular formula is C104H90Cl4Fe2N12O12+2. The smallest absolute Gasteiger partial charge is 0.259 e. The van der Waals surface area contributed by atoms with Crippen molar-refractivity contribution in [3.63, 3.8) is 0 Å². The number of aryl methyl sites for hydroxylation is 2. The van der Waals surface area contributed by atoms with Crippen molar-refractivity contribution in [2.45, 2.75) is 66.2 Å². The summed E-state index contributed by atoms with van der Waals surface area (Å²) in [5.41, 5.74) is 7.37. The summed E-state index contributed by atoms with van der Waals surface area (Å²) in [7, 11) is 0. The SMILES string of the molecule is CC(C)(C)c1ccc(O)c(N=Nc2c(O)c(C(=O)Nc3cccc(Cl)c3)cc3ccccc23)c1.CC(C)(C)c1ccc(O)c(N=Nc2c(O)c(C(=O)Nc3cccc(Cl)c3)cc3ccccc23)c1.Cc1ccc2c(N=Nc3cc(Cl)ccc3O)c(O)c(C(=O)Nc3ccccc3)cc2c1.Cc1ccc2c(N=Nc3cc(Cl)ccc3O)c(O)c(C(=O)Nc3ccccc3)cc2c1.[CH3+].[CH3+].[Fe].[Fe]. The van der Waals surface area contributed by atoms with E-state index in [1.165, 1.54) is 36.4 Å². The molecule has 0 aliphatic rings. The molecule has 0 bridgehead atoms. The normalized spacial score (nSPS) is 11.1. The van der Waals surface area contributed by atoms with Crippen LogP contribution in [0, 0.1) is 28.7 Å². The Bertz CT molecular complexity index is 6780. The molecule has 16 rings (SSSR count). The number of fused-ring (bicyclic) bond motifs is 4. The van der Waals surface area contributed by atoms with Crippen molar-refractivity contribution in [2.24, 2.45) is 40.9 Å². The monoisotopic (exact) mass is 1950 g/mol. The van der Waals surface area contributed by atoms with Crippen molar-refractivity contribution in [1.29, 1.82) is 0 Å². The van der Waals surface area contributed by atoms with Crippen LogP contribution in [0.2, 0.25) is 20.1 Å². The van der Waals surface area contributed by atoms with Crippen LogP contribution in [0.25, 0.3) is 43.1 Å². The second kappa shape index (κ2) is 45.3. The molecule has 0 unspecified atom stereocenters. The number of azo groups is 4. The molecule has 0 spiro atoms. The zero-order valence-corrected chi connectivity index (χ0v) is 79.0. The number of nitrogens with one attached hydrogen (secondary N) is 4. The maximum atomic E-state index is 13.0. The fourth-order valence-corrected chi connectivity index (χ4v) is 14.1. The van der Waals surface area contributed by atoms with Gasteiger partial charge in [-0.25, -0.2) is 0 Å². The van der Waals surface area contributed by atoms with Crippen LogP contribution in [0.1, 0.15) is 105 Å². The van der Waals surface area contributed by atoms with Crippen LogP contribution in [0.5, 0.6) is 46.0 Å². The van der Waals surface area contributed by atoms with E-state index in [0.29, 0.717) is 75.2 Å². The van der Waals surface area contributed by atoms with Crippen molar-refractivity contribution in [3.8, 4) is 46.0 Å². The molecule has 0 atom stereocenters. The van der Waals surface area contributed by atoms with Gasteiger partial charge in [-0.05, 0) is 203 Å². The van der Waals surface area contributed by atoms with Gasteiger partial charge in [-0.15, -0.1) is 40.9 Å². The Hall–Kier alpha value is -14.8. The fraction of sp³-hybridized carbons (Fsp3) is 0.0962. The van der Waals surface area contributed by atoms with Gasteiger partial charge in [0, 0.05) is 113 Å². The van der Waals surface area contributed by atoms with Crippen molar-refractivity contribution in [1.82, 2.24) is 0 Å². The van der Waals surface area contributed by atoms with E-state index in [2.05, 4.69) is 104 Å². The van der Waals surface area contributed by atoms with Crippen LogP contribution >= 0.6 is 46.4 Å². The summed E-state index contributed by atoms with van der Waals surface area (Å²) in [4.78, 5) is 51.8. The maximum absolute atomic E-state index is 13.0. The zero-order chi connectivity index (χ0) is 92.8. The molecule has 0 fully saturated rings. The molecule has 0 saturated carbocycles. The molecule has 0 saturated heterocycles. The number of hydrogen-bond donors (Lipinski definition) is 12. The van der Waals surface area contributed by atoms with E-state index in [1.807, 2.05) is 98.8 Å². The van der Waals surface area contributed by atoms with E-state index < -0.39 is 23.6 Å². The van der Waals surface area contributed by atoms with Crippen LogP contribution in [-0.2, 0) is 45.0 Å². The first-order chi connectivity index (χ1) is 62.1. The molecule has 16 aromatic rings. The number of hydrogen-bond acceptors (Lipinski definition) is 20. The van der Waals surface area contributed by atoms with Gasteiger partial charge in [-0.3, -0.25) is 19.2 Å². The molecule has 0 heterocycles. The summed E-state index contributed by atoms with van der Waals surface area (Å²) in [6.45, 7) is 16.2. The largest absolute Gasteiger partial charge is 0.506 e. The third-order valence-corrected chi connectivity index (χ3v) is 21.2. The molecule has 0 aromatic heterocycles. The number of halogens is 4. The van der Waals surface area contributed by atoms with Crippen LogP contribution in [0.4, 0.5) is 68.2 Å². The zero-order valence-electron chi connectivity index (χ0n) is 73.7. The molecule has 4 amide bonds. The first-order valence-corrected chi connectivity index (χ1v) is 41.8. The predicted molar refractivity (Wildman–Crippen MR) is 529 cm³/mol. The average molecular weight is 1950 g/mol. The summed E-state index contributed by atoms with van der Waals surface area (Å²) in [5, 5.41) is 136. The quantitative estimate of drug-likeness (QED) is 0.0244. The first-order valence-electron chi connectivity index (χ1n) is 40.3. The Labute approximate surface area is 814 Å². The molecule has 680 valence electrons. The second-order valence-electron chi connectivity index (χ2n) is 31.9. The molecular weight excluding hydrogens is 1860 g/mol. The van der Waals surface area contributed by atoms with Gasteiger partial charge in [0.25, 0.3) is 23.6 Å². The van der Waals surface area contributed by atoms with E-state index in [4.69, 9.17) is 46.4 Å². The van der Waals surface area contributed by atoms with E-state index in [-0.39, 0.29) is 174 Å². The van der Waals surface area contributed by atoms with Crippen LogP contribution in [0.3, 0.4) is 0 Å². The molecule has 0 aliphatic heterocycles. The minimum Gasteiger partial charge on any atom is -0.506 e. The van der Waals surface area contributed by atoms with Gasteiger partial charge in [0.2, 0.25) is 0 Å². The number of phenols is 8. The number of rotatable bonds is 16. The molecule has 30 heteroatoms. The van der Waals surface area contributed by atoms with Gasteiger partial charge in [0.1, 0.15) is 68.5 Å². The van der Waals surface area contributed by atoms with Crippen molar-refractivity contribution < 1.29 is 94.2 Å². The molecule has 0 radical (unpaired) electrons. The number of nitrogens with zero attached hydrogens (tertiary/aromatic N) is 8. The summed E-state index contributed by atoms with van der Waals surface area (Å²) in [6, 6.07) is 82.5. The summed E-state index contributed by atoms with van der Waals surface area (Å²) < 4.78 is 0. The van der Waals surface area contributed by atoms with E-state index in [0.717, 1.165) is 33.0 Å². The third-order valence-electron chi connectivity index (χ3n) is 20.3. The van der Waals surface area contributed by atoms with Crippen molar-refractivity contribution >= 4 is 181 Å². The minimum atomic E-state index is -0.514. The molecule has 12 N–H and O–H groups in total. The van der Waals surface area contributed by atoms with E-state index >= 15 is 0 Å². The summed E-state index contributed by atoms with van der Waals surface area (Å²) in [6.07, 6.45) is 0. The number of amides is 4. The van der Waals surface area contributed by atoms with Gasteiger partial charge >= 0.3 is 0 Å². The topological polar surface area (TPSA) is 377 Å². The van der Waals surface area contributed by atoms with Crippen LogP contribution in [-0.4, -0.2) is 64.5 Å². The summed E-state index contributed by atoms with van der Waals surface area (Å²) in [5.74, 6) is -3.50. The predicted octanol–water partition coefficient (Wildman–Crippen LogP) is 30.4. The number of anilines is 4. The van der Waals surface area contributed by atoms with E-state index in [1.54, 1.807) is 170 Å². The van der Waals surface area contributed by atoms with Gasteiger partial charge < -0.3 is 62.1 Å². The number of carbonyl (C=O) groups excluding carboxylic acids is 4. The Morgan fingerprint density at radius 2 is 0.522 bits per heavy atom. The van der Waals surface area contributed by atoms with E-state index in [9.17, 15) is 60.0 Å². The Morgan fingerprint density at radius 3 is 0.836 bits per heavy atom. The second-order valence-corrected chi connectivity index (χ2v) is 33.7. The number of carbonyl (C=O) groups is 4. The van der Waals surface area contributed by atoms with Crippen molar-refractivity contribution in [2.75, 3.05) is 21.3 Å². The average Bonchev–Trinajstić information content (AvgIpc) is 0.787. The summed E-state index contributed by atoms with van der Waals surface area (Å²) >= 11 is 24.0. The Kier molecular flexibility index (Phi) is 34.8. The molecule has 0 aliphatic carbocycles. The van der Waals surface area contributed by atoms with Gasteiger partial charge in [-0.2, -0.15) is 0 Å². The molecule has 134 heavy (non-hydrogen) atoms.